The van der Waals surface area contributed by atoms with E-state index < -0.39 is 5.97 Å². The number of anilines is 1. The van der Waals surface area contributed by atoms with E-state index in [0.717, 1.165) is 5.56 Å². The van der Waals surface area contributed by atoms with E-state index in [9.17, 15) is 9.59 Å². The van der Waals surface area contributed by atoms with Crippen LogP contribution >= 0.6 is 23.8 Å². The maximum atomic E-state index is 12.0. The van der Waals surface area contributed by atoms with Crippen molar-refractivity contribution in [3.8, 4) is 0 Å². The van der Waals surface area contributed by atoms with Gasteiger partial charge in [-0.15, -0.1) is 0 Å². The lowest BCUT2D eigenvalue weighted by atomic mass is 10.1. The third kappa shape index (κ3) is 5.55. The summed E-state index contributed by atoms with van der Waals surface area (Å²) in [7, 11) is 1.30. The Labute approximate surface area is 156 Å². The molecule has 2 aromatic carbocycles. The molecular formula is C18H17ClN2O3S. The lowest BCUT2D eigenvalue weighted by Crippen LogP contribution is -2.34. The summed E-state index contributed by atoms with van der Waals surface area (Å²) in [6.07, 6.45) is 0.747. The normalized spacial score (nSPS) is 10.0. The second-order valence-corrected chi connectivity index (χ2v) is 5.95. The molecule has 0 fully saturated rings. The van der Waals surface area contributed by atoms with Gasteiger partial charge in [0.2, 0.25) is 5.91 Å². The Morgan fingerprint density at radius 2 is 1.80 bits per heavy atom. The van der Waals surface area contributed by atoms with Crippen molar-refractivity contribution in [3.05, 3.63) is 64.7 Å². The van der Waals surface area contributed by atoms with Gasteiger partial charge in [-0.25, -0.2) is 4.79 Å². The molecule has 2 aromatic rings. The van der Waals surface area contributed by atoms with E-state index in [-0.39, 0.29) is 17.4 Å². The van der Waals surface area contributed by atoms with Crippen LogP contribution in [-0.2, 0) is 16.0 Å². The first-order chi connectivity index (χ1) is 12.0. The zero-order valence-electron chi connectivity index (χ0n) is 13.5. The van der Waals surface area contributed by atoms with E-state index in [4.69, 9.17) is 28.6 Å². The fourth-order valence-corrected chi connectivity index (χ4v) is 2.63. The Morgan fingerprint density at radius 3 is 2.52 bits per heavy atom. The minimum Gasteiger partial charge on any atom is -0.465 e. The highest BCUT2D eigenvalue weighted by molar-refractivity contribution is 7.80. The van der Waals surface area contributed by atoms with Crippen LogP contribution in [0.15, 0.2) is 48.5 Å². The van der Waals surface area contributed by atoms with Crippen LogP contribution in [0, 0.1) is 0 Å². The van der Waals surface area contributed by atoms with E-state index in [1.807, 2.05) is 18.2 Å². The first-order valence-electron chi connectivity index (χ1n) is 7.53. The molecule has 0 saturated carbocycles. The number of amides is 1. The summed E-state index contributed by atoms with van der Waals surface area (Å²) in [6, 6.07) is 14.1. The largest absolute Gasteiger partial charge is 0.465 e. The Bertz CT molecular complexity index is 795. The van der Waals surface area contributed by atoms with Crippen molar-refractivity contribution in [2.24, 2.45) is 0 Å². The highest BCUT2D eigenvalue weighted by atomic mass is 35.5. The molecule has 0 atom stereocenters. The minimum absolute atomic E-state index is 0.112. The van der Waals surface area contributed by atoms with Crippen molar-refractivity contribution in [3.63, 3.8) is 0 Å². The monoisotopic (exact) mass is 376 g/mol. The summed E-state index contributed by atoms with van der Waals surface area (Å²) >= 11 is 11.2. The molecule has 0 bridgehead atoms. The number of thiocarbonyl (C=S) groups is 1. The molecule has 0 heterocycles. The number of benzene rings is 2. The molecule has 0 aliphatic carbocycles. The van der Waals surface area contributed by atoms with E-state index in [0.29, 0.717) is 22.7 Å². The smallest absolute Gasteiger partial charge is 0.339 e. The van der Waals surface area contributed by atoms with Gasteiger partial charge in [-0.2, -0.15) is 0 Å². The lowest BCUT2D eigenvalue weighted by molar-refractivity contribution is -0.119. The lowest BCUT2D eigenvalue weighted by Gasteiger charge is -2.12. The number of halogens is 1. The molecule has 0 radical (unpaired) electrons. The highest BCUT2D eigenvalue weighted by Gasteiger charge is 2.13. The zero-order valence-corrected chi connectivity index (χ0v) is 15.1. The van der Waals surface area contributed by atoms with Gasteiger partial charge in [0.25, 0.3) is 0 Å². The van der Waals surface area contributed by atoms with Crippen LogP contribution in [-0.4, -0.2) is 24.1 Å². The van der Waals surface area contributed by atoms with Crippen LogP contribution in [0.1, 0.15) is 22.3 Å². The highest BCUT2D eigenvalue weighted by Crippen LogP contribution is 2.17. The molecule has 1 amide bonds. The number of hydrogen-bond acceptors (Lipinski definition) is 4. The summed E-state index contributed by atoms with van der Waals surface area (Å²) in [4.78, 5) is 23.8. The minimum atomic E-state index is -0.490. The molecule has 2 rings (SSSR count). The van der Waals surface area contributed by atoms with E-state index in [1.54, 1.807) is 30.3 Å². The molecule has 130 valence electrons. The topological polar surface area (TPSA) is 67.4 Å². The molecule has 0 spiro atoms. The van der Waals surface area contributed by atoms with Gasteiger partial charge >= 0.3 is 5.97 Å². The van der Waals surface area contributed by atoms with Crippen molar-refractivity contribution in [2.45, 2.75) is 12.8 Å². The fourth-order valence-electron chi connectivity index (χ4n) is 2.17. The SMILES string of the molecule is COC(=O)c1ccccc1NC(=S)NC(=O)CCc1ccccc1Cl. The molecule has 25 heavy (non-hydrogen) atoms. The number of ether oxygens (including phenoxy) is 1. The van der Waals surface area contributed by atoms with Gasteiger partial charge in [-0.1, -0.05) is 41.9 Å². The predicted molar refractivity (Wildman–Crippen MR) is 102 cm³/mol. The van der Waals surface area contributed by atoms with Gasteiger partial charge < -0.3 is 15.4 Å². The number of carbonyl (C=O) groups excluding carboxylic acids is 2. The van der Waals surface area contributed by atoms with Crippen LogP contribution in [0.3, 0.4) is 0 Å². The molecule has 0 aliphatic heterocycles. The molecule has 0 saturated heterocycles. The summed E-state index contributed by atoms with van der Waals surface area (Å²) in [5, 5.41) is 6.17. The Balaban J connectivity index is 1.91. The maximum Gasteiger partial charge on any atom is 0.339 e. The second-order valence-electron chi connectivity index (χ2n) is 5.13. The average molecular weight is 377 g/mol. The molecule has 7 heteroatoms. The van der Waals surface area contributed by atoms with E-state index in [1.165, 1.54) is 7.11 Å². The van der Waals surface area contributed by atoms with Gasteiger partial charge in [-0.05, 0) is 42.4 Å². The van der Waals surface area contributed by atoms with Crippen molar-refractivity contribution in [2.75, 3.05) is 12.4 Å². The number of aryl methyl sites for hydroxylation is 1. The number of para-hydroxylation sites is 1. The molecule has 2 N–H and O–H groups in total. The summed E-state index contributed by atoms with van der Waals surface area (Å²) < 4.78 is 4.72. The summed E-state index contributed by atoms with van der Waals surface area (Å²) in [5.41, 5.74) is 1.69. The van der Waals surface area contributed by atoms with Crippen molar-refractivity contribution in [1.29, 1.82) is 0 Å². The van der Waals surface area contributed by atoms with Crippen LogP contribution in [0.2, 0.25) is 5.02 Å². The Kier molecular flexibility index (Phi) is 6.91. The van der Waals surface area contributed by atoms with Gasteiger partial charge in [0.1, 0.15) is 0 Å². The first kappa shape index (κ1) is 18.9. The van der Waals surface area contributed by atoms with Gasteiger partial charge in [0.15, 0.2) is 5.11 Å². The van der Waals surface area contributed by atoms with Crippen LogP contribution < -0.4 is 10.6 Å². The van der Waals surface area contributed by atoms with Gasteiger partial charge in [0.05, 0.1) is 18.4 Å². The maximum absolute atomic E-state index is 12.0. The van der Waals surface area contributed by atoms with Crippen LogP contribution in [0.25, 0.3) is 0 Å². The predicted octanol–water partition coefficient (Wildman–Crippen LogP) is 3.57. The number of rotatable bonds is 5. The number of nitrogens with one attached hydrogen (secondary N) is 2. The number of esters is 1. The zero-order chi connectivity index (χ0) is 18.2. The average Bonchev–Trinajstić information content (AvgIpc) is 2.60. The molecule has 0 aromatic heterocycles. The number of carbonyl (C=O) groups is 2. The molecule has 0 unspecified atom stereocenters. The summed E-state index contributed by atoms with van der Waals surface area (Å²) in [5.74, 6) is -0.732. The first-order valence-corrected chi connectivity index (χ1v) is 8.31. The van der Waals surface area contributed by atoms with Gasteiger partial charge in [-0.3, -0.25) is 4.79 Å². The number of methoxy groups -OCH3 is 1. The third-order valence-corrected chi connectivity index (χ3v) is 3.99. The second kappa shape index (κ2) is 9.15. The van der Waals surface area contributed by atoms with E-state index >= 15 is 0 Å². The van der Waals surface area contributed by atoms with Crippen LogP contribution in [0.5, 0.6) is 0 Å². The van der Waals surface area contributed by atoms with Crippen LogP contribution in [0.4, 0.5) is 5.69 Å². The Morgan fingerprint density at radius 1 is 1.12 bits per heavy atom. The number of hydrogen-bond donors (Lipinski definition) is 2. The Hall–Kier alpha value is -2.44. The van der Waals surface area contributed by atoms with E-state index in [2.05, 4.69) is 10.6 Å². The molecule has 0 aliphatic rings. The van der Waals surface area contributed by atoms with Crippen molar-refractivity contribution >= 4 is 46.5 Å². The quantitative estimate of drug-likeness (QED) is 0.616. The standard InChI is InChI=1S/C18H17ClN2O3S/c1-24-17(23)13-7-3-5-9-15(13)20-18(25)21-16(22)11-10-12-6-2-4-8-14(12)19/h2-9H,10-11H2,1H3,(H2,20,21,22,25). The molecular weight excluding hydrogens is 360 g/mol. The van der Waals surface area contributed by atoms with Crippen molar-refractivity contribution in [1.82, 2.24) is 5.32 Å². The van der Waals surface area contributed by atoms with Gasteiger partial charge in [0, 0.05) is 11.4 Å². The summed E-state index contributed by atoms with van der Waals surface area (Å²) in [6.45, 7) is 0. The van der Waals surface area contributed by atoms with Crippen molar-refractivity contribution < 1.29 is 14.3 Å². The third-order valence-electron chi connectivity index (χ3n) is 3.41. The fraction of sp³-hybridized carbons (Fsp3) is 0.167. The molecule has 5 nitrogen and oxygen atoms in total.